The lowest BCUT2D eigenvalue weighted by molar-refractivity contribution is 0.313. The number of hydrogen-bond acceptors (Lipinski definition) is 3. The largest absolute Gasteiger partial charge is 0.314 e. The van der Waals surface area contributed by atoms with Crippen LogP contribution in [0.25, 0.3) is 0 Å². The molecule has 0 radical (unpaired) electrons. The van der Waals surface area contributed by atoms with Gasteiger partial charge in [0.05, 0.1) is 5.01 Å². The van der Waals surface area contributed by atoms with Gasteiger partial charge in [0, 0.05) is 24.0 Å². The predicted octanol–water partition coefficient (Wildman–Crippen LogP) is 4.02. The molecular formula is C15H26N2S. The van der Waals surface area contributed by atoms with Crippen molar-refractivity contribution in [2.45, 2.75) is 64.3 Å². The molecule has 0 saturated heterocycles. The molecular weight excluding hydrogens is 240 g/mol. The number of nitrogens with one attached hydrogen (secondary N) is 1. The van der Waals surface area contributed by atoms with Gasteiger partial charge >= 0.3 is 0 Å². The van der Waals surface area contributed by atoms with Crippen molar-refractivity contribution in [1.82, 2.24) is 10.3 Å². The third-order valence-electron chi connectivity index (χ3n) is 4.05. The maximum absolute atomic E-state index is 4.41. The van der Waals surface area contributed by atoms with E-state index in [1.807, 2.05) is 6.20 Å². The van der Waals surface area contributed by atoms with Crippen LogP contribution in [0.5, 0.6) is 0 Å². The fourth-order valence-corrected chi connectivity index (χ4v) is 3.74. The topological polar surface area (TPSA) is 24.9 Å². The Labute approximate surface area is 115 Å². The Morgan fingerprint density at radius 1 is 1.39 bits per heavy atom. The molecule has 1 aliphatic rings. The van der Waals surface area contributed by atoms with Crippen molar-refractivity contribution in [3.05, 3.63) is 16.6 Å². The first-order valence-electron chi connectivity index (χ1n) is 7.50. The van der Waals surface area contributed by atoms with Crippen molar-refractivity contribution >= 4 is 11.3 Å². The van der Waals surface area contributed by atoms with Gasteiger partial charge in [-0.3, -0.25) is 0 Å². The average Bonchev–Trinajstić information content (AvgIpc) is 2.90. The Kier molecular flexibility index (Phi) is 6.15. The summed E-state index contributed by atoms with van der Waals surface area (Å²) in [4.78, 5) is 4.41. The average molecular weight is 266 g/mol. The van der Waals surface area contributed by atoms with E-state index in [4.69, 9.17) is 0 Å². The highest BCUT2D eigenvalue weighted by Crippen LogP contribution is 2.28. The van der Waals surface area contributed by atoms with E-state index in [1.54, 1.807) is 11.3 Å². The molecule has 1 atom stereocenters. The molecule has 0 aromatic carbocycles. The van der Waals surface area contributed by atoms with Crippen LogP contribution in [-0.2, 0) is 6.42 Å². The van der Waals surface area contributed by atoms with Gasteiger partial charge < -0.3 is 5.32 Å². The zero-order chi connectivity index (χ0) is 12.6. The van der Waals surface area contributed by atoms with E-state index in [-0.39, 0.29) is 0 Å². The number of thiazole rings is 1. The quantitative estimate of drug-likeness (QED) is 0.806. The Morgan fingerprint density at radius 2 is 2.22 bits per heavy atom. The Morgan fingerprint density at radius 3 is 2.89 bits per heavy atom. The minimum Gasteiger partial charge on any atom is -0.314 e. The molecule has 0 aliphatic heterocycles. The van der Waals surface area contributed by atoms with Crippen LogP contribution < -0.4 is 5.32 Å². The second-order valence-corrected chi connectivity index (χ2v) is 6.45. The molecule has 1 unspecified atom stereocenters. The minimum absolute atomic E-state index is 0.628. The minimum atomic E-state index is 0.628. The van der Waals surface area contributed by atoms with Crippen LogP contribution in [0, 0.1) is 5.92 Å². The molecule has 0 amide bonds. The molecule has 1 aromatic rings. The van der Waals surface area contributed by atoms with E-state index in [2.05, 4.69) is 22.6 Å². The summed E-state index contributed by atoms with van der Waals surface area (Å²) in [5.41, 5.74) is 0. The normalized spacial score (nSPS) is 18.9. The van der Waals surface area contributed by atoms with Crippen LogP contribution in [0.4, 0.5) is 0 Å². The van der Waals surface area contributed by atoms with Crippen LogP contribution in [-0.4, -0.2) is 17.6 Å². The van der Waals surface area contributed by atoms with Gasteiger partial charge in [-0.25, -0.2) is 4.98 Å². The van der Waals surface area contributed by atoms with Crippen LogP contribution in [0.2, 0.25) is 0 Å². The van der Waals surface area contributed by atoms with Crippen molar-refractivity contribution in [3.63, 3.8) is 0 Å². The van der Waals surface area contributed by atoms with E-state index in [0.717, 1.165) is 18.9 Å². The highest BCUT2D eigenvalue weighted by atomic mass is 32.1. The lowest BCUT2D eigenvalue weighted by Crippen LogP contribution is -2.31. The van der Waals surface area contributed by atoms with Gasteiger partial charge in [-0.05, 0) is 25.3 Å². The summed E-state index contributed by atoms with van der Waals surface area (Å²) in [6, 6.07) is 0.628. The summed E-state index contributed by atoms with van der Waals surface area (Å²) < 4.78 is 0. The van der Waals surface area contributed by atoms with E-state index in [9.17, 15) is 0 Å². The third kappa shape index (κ3) is 4.69. The van der Waals surface area contributed by atoms with Gasteiger partial charge in [0.1, 0.15) is 0 Å². The molecule has 2 nitrogen and oxygen atoms in total. The van der Waals surface area contributed by atoms with E-state index in [0.29, 0.717) is 6.04 Å². The molecule has 2 rings (SSSR count). The lowest BCUT2D eigenvalue weighted by atomic mass is 9.85. The van der Waals surface area contributed by atoms with Crippen molar-refractivity contribution < 1.29 is 0 Å². The van der Waals surface area contributed by atoms with Crippen LogP contribution in [0.15, 0.2) is 11.6 Å². The molecule has 1 fully saturated rings. The van der Waals surface area contributed by atoms with Crippen molar-refractivity contribution in [3.8, 4) is 0 Å². The smallest absolute Gasteiger partial charge is 0.0940 e. The van der Waals surface area contributed by atoms with Crippen molar-refractivity contribution in [2.75, 3.05) is 6.54 Å². The fourth-order valence-electron chi connectivity index (χ4n) is 3.04. The first-order valence-corrected chi connectivity index (χ1v) is 8.38. The highest BCUT2D eigenvalue weighted by Gasteiger charge is 2.16. The maximum Gasteiger partial charge on any atom is 0.0940 e. The van der Waals surface area contributed by atoms with E-state index < -0.39 is 0 Å². The van der Waals surface area contributed by atoms with Gasteiger partial charge in [0.25, 0.3) is 0 Å². The number of hydrogen-bond donors (Lipinski definition) is 1. The lowest BCUT2D eigenvalue weighted by Gasteiger charge is -2.24. The SMILES string of the molecule is CCNC(CCC1CCCCC1)Cc1nccs1. The Balaban J connectivity index is 1.74. The first kappa shape index (κ1) is 14.0. The number of rotatable bonds is 7. The molecule has 0 spiro atoms. The van der Waals surface area contributed by atoms with Gasteiger partial charge in [0.15, 0.2) is 0 Å². The molecule has 1 N–H and O–H groups in total. The van der Waals surface area contributed by atoms with Crippen LogP contribution >= 0.6 is 11.3 Å². The molecule has 1 saturated carbocycles. The number of nitrogens with zero attached hydrogens (tertiary/aromatic N) is 1. The highest BCUT2D eigenvalue weighted by molar-refractivity contribution is 7.09. The summed E-state index contributed by atoms with van der Waals surface area (Å²) in [5, 5.41) is 6.99. The predicted molar refractivity (Wildman–Crippen MR) is 79.1 cm³/mol. The summed E-state index contributed by atoms with van der Waals surface area (Å²) in [6.07, 6.45) is 13.1. The van der Waals surface area contributed by atoms with Crippen molar-refractivity contribution in [1.29, 1.82) is 0 Å². The fraction of sp³-hybridized carbons (Fsp3) is 0.800. The maximum atomic E-state index is 4.41. The molecule has 18 heavy (non-hydrogen) atoms. The Hall–Kier alpha value is -0.410. The molecule has 3 heteroatoms. The van der Waals surface area contributed by atoms with Gasteiger partial charge in [-0.1, -0.05) is 39.0 Å². The standard InChI is InChI=1S/C15H26N2S/c1-2-16-14(12-15-17-10-11-18-15)9-8-13-6-4-3-5-7-13/h10-11,13-14,16H,2-9,12H2,1H3. The molecule has 0 bridgehead atoms. The van der Waals surface area contributed by atoms with E-state index in [1.165, 1.54) is 50.0 Å². The zero-order valence-electron chi connectivity index (χ0n) is 11.5. The summed E-state index contributed by atoms with van der Waals surface area (Å²) >= 11 is 1.79. The number of aromatic nitrogens is 1. The van der Waals surface area contributed by atoms with E-state index >= 15 is 0 Å². The number of likely N-dealkylation sites (N-methyl/N-ethyl adjacent to an activating group) is 1. The van der Waals surface area contributed by atoms with Crippen LogP contribution in [0.3, 0.4) is 0 Å². The second kappa shape index (κ2) is 7.90. The summed E-state index contributed by atoms with van der Waals surface area (Å²) in [5.74, 6) is 0.996. The monoisotopic (exact) mass is 266 g/mol. The molecule has 1 aromatic heterocycles. The van der Waals surface area contributed by atoms with Crippen molar-refractivity contribution in [2.24, 2.45) is 5.92 Å². The zero-order valence-corrected chi connectivity index (χ0v) is 12.3. The molecule has 1 heterocycles. The van der Waals surface area contributed by atoms with Crippen LogP contribution in [0.1, 0.15) is 56.9 Å². The molecule has 1 aliphatic carbocycles. The Bertz CT molecular complexity index is 304. The third-order valence-corrected chi connectivity index (χ3v) is 4.85. The summed E-state index contributed by atoms with van der Waals surface area (Å²) in [7, 11) is 0. The van der Waals surface area contributed by atoms with Gasteiger partial charge in [-0.15, -0.1) is 11.3 Å². The molecule has 102 valence electrons. The first-order chi connectivity index (χ1) is 8.88. The summed E-state index contributed by atoms with van der Waals surface area (Å²) in [6.45, 7) is 3.27. The van der Waals surface area contributed by atoms with Gasteiger partial charge in [-0.2, -0.15) is 0 Å². The van der Waals surface area contributed by atoms with Gasteiger partial charge in [0.2, 0.25) is 0 Å². The second-order valence-electron chi connectivity index (χ2n) is 5.47.